The number of aromatic amines is 1. The van der Waals surface area contributed by atoms with Crippen LogP contribution in [0.4, 0.5) is 5.95 Å². The van der Waals surface area contributed by atoms with Crippen molar-refractivity contribution in [3.05, 3.63) is 52.8 Å². The fourth-order valence-electron chi connectivity index (χ4n) is 3.01. The van der Waals surface area contributed by atoms with Gasteiger partial charge in [-0.15, -0.1) is 0 Å². The molecule has 3 aromatic rings. The molecule has 25 heavy (non-hydrogen) atoms. The van der Waals surface area contributed by atoms with E-state index in [0.29, 0.717) is 49.6 Å². The Morgan fingerprint density at radius 3 is 2.68 bits per heavy atom. The number of carbonyl (C=O) groups is 1. The number of rotatable bonds is 3. The van der Waals surface area contributed by atoms with Crippen LogP contribution in [0.25, 0.3) is 11.1 Å². The molecule has 1 aliphatic heterocycles. The molecule has 1 aliphatic rings. The second-order valence-corrected chi connectivity index (χ2v) is 5.94. The molecule has 0 saturated carbocycles. The van der Waals surface area contributed by atoms with Gasteiger partial charge < -0.3 is 14.2 Å². The molecule has 0 radical (unpaired) electrons. The van der Waals surface area contributed by atoms with Crippen molar-refractivity contribution < 1.29 is 9.21 Å². The first-order valence-corrected chi connectivity index (χ1v) is 8.10. The molecule has 4 rings (SSSR count). The largest absolute Gasteiger partial charge is 0.417 e. The van der Waals surface area contributed by atoms with Gasteiger partial charge >= 0.3 is 5.76 Å². The van der Waals surface area contributed by atoms with Crippen molar-refractivity contribution >= 4 is 23.0 Å². The molecule has 8 heteroatoms. The molecule has 0 bridgehead atoms. The van der Waals surface area contributed by atoms with Gasteiger partial charge in [0.05, 0.1) is 11.9 Å². The molecular weight excluding hydrogens is 322 g/mol. The van der Waals surface area contributed by atoms with Gasteiger partial charge in [0.1, 0.15) is 0 Å². The lowest BCUT2D eigenvalue weighted by Gasteiger charge is -2.34. The first-order chi connectivity index (χ1) is 12.2. The first kappa shape index (κ1) is 15.4. The van der Waals surface area contributed by atoms with Gasteiger partial charge in [0.15, 0.2) is 5.58 Å². The molecule has 1 amide bonds. The van der Waals surface area contributed by atoms with E-state index in [-0.39, 0.29) is 5.91 Å². The van der Waals surface area contributed by atoms with Gasteiger partial charge in [-0.3, -0.25) is 9.78 Å². The quantitative estimate of drug-likeness (QED) is 0.758. The fraction of sp³-hybridized carbons (Fsp3) is 0.294. The maximum atomic E-state index is 12.5. The van der Waals surface area contributed by atoms with Gasteiger partial charge in [-0.05, 0) is 23.8 Å². The van der Waals surface area contributed by atoms with E-state index in [4.69, 9.17) is 4.42 Å². The zero-order chi connectivity index (χ0) is 17.2. The summed E-state index contributed by atoms with van der Waals surface area (Å²) in [6.07, 6.45) is 3.73. The molecule has 2 aromatic heterocycles. The number of nitrogens with zero attached hydrogens (tertiary/aromatic N) is 4. The van der Waals surface area contributed by atoms with Crippen molar-refractivity contribution in [1.82, 2.24) is 19.9 Å². The molecular formula is C17H17N5O3. The number of carbonyl (C=O) groups excluding carboxylic acids is 1. The summed E-state index contributed by atoms with van der Waals surface area (Å²) in [5.41, 5.74) is 1.96. The van der Waals surface area contributed by atoms with Crippen LogP contribution >= 0.6 is 0 Å². The molecule has 1 fully saturated rings. The average molecular weight is 339 g/mol. The second kappa shape index (κ2) is 6.39. The zero-order valence-electron chi connectivity index (χ0n) is 13.5. The summed E-state index contributed by atoms with van der Waals surface area (Å²) < 4.78 is 4.97. The van der Waals surface area contributed by atoms with Crippen LogP contribution in [0.3, 0.4) is 0 Å². The van der Waals surface area contributed by atoms with Crippen LogP contribution in [0.15, 0.2) is 45.9 Å². The van der Waals surface area contributed by atoms with E-state index in [9.17, 15) is 9.59 Å². The number of oxazole rings is 1. The lowest BCUT2D eigenvalue weighted by atomic mass is 10.1. The SMILES string of the molecule is O=C(Cc1ccc2oc(=O)[nH]c2c1)N1CCN(c2ncccn2)CC1. The van der Waals surface area contributed by atoms with Gasteiger partial charge in [-0.1, -0.05) is 6.07 Å². The number of nitrogens with one attached hydrogen (secondary N) is 1. The second-order valence-electron chi connectivity index (χ2n) is 5.94. The van der Waals surface area contributed by atoms with Crippen molar-refractivity contribution in [3.8, 4) is 0 Å². The van der Waals surface area contributed by atoms with Crippen LogP contribution in [-0.2, 0) is 11.2 Å². The van der Waals surface area contributed by atoms with Crippen LogP contribution in [0.1, 0.15) is 5.56 Å². The Morgan fingerprint density at radius 1 is 1.16 bits per heavy atom. The van der Waals surface area contributed by atoms with E-state index in [1.165, 1.54) is 0 Å². The predicted octanol–water partition coefficient (Wildman–Crippen LogP) is 0.802. The minimum Gasteiger partial charge on any atom is -0.408 e. The van der Waals surface area contributed by atoms with E-state index in [1.807, 2.05) is 11.0 Å². The summed E-state index contributed by atoms with van der Waals surface area (Å²) in [6.45, 7) is 2.71. The van der Waals surface area contributed by atoms with E-state index < -0.39 is 5.76 Å². The molecule has 8 nitrogen and oxygen atoms in total. The zero-order valence-corrected chi connectivity index (χ0v) is 13.5. The number of H-pyrrole nitrogens is 1. The van der Waals surface area contributed by atoms with E-state index in [2.05, 4.69) is 19.9 Å². The smallest absolute Gasteiger partial charge is 0.408 e. The molecule has 1 N–H and O–H groups in total. The number of hydrogen-bond acceptors (Lipinski definition) is 6. The molecule has 1 saturated heterocycles. The maximum Gasteiger partial charge on any atom is 0.417 e. The molecule has 0 spiro atoms. The molecule has 0 aliphatic carbocycles. The van der Waals surface area contributed by atoms with Crippen LogP contribution in [-0.4, -0.2) is 51.9 Å². The lowest BCUT2D eigenvalue weighted by Crippen LogP contribution is -2.49. The third kappa shape index (κ3) is 3.23. The molecule has 128 valence electrons. The Morgan fingerprint density at radius 2 is 1.92 bits per heavy atom. The van der Waals surface area contributed by atoms with E-state index >= 15 is 0 Å². The van der Waals surface area contributed by atoms with E-state index in [0.717, 1.165) is 5.56 Å². The Kier molecular flexibility index (Phi) is 3.93. The van der Waals surface area contributed by atoms with Crippen molar-refractivity contribution in [2.75, 3.05) is 31.1 Å². The van der Waals surface area contributed by atoms with Crippen LogP contribution in [0, 0.1) is 0 Å². The van der Waals surface area contributed by atoms with E-state index in [1.54, 1.807) is 30.6 Å². The Hall–Kier alpha value is -3.16. The minimum atomic E-state index is -0.488. The summed E-state index contributed by atoms with van der Waals surface area (Å²) in [5.74, 6) is 0.278. The number of benzene rings is 1. The van der Waals surface area contributed by atoms with Crippen molar-refractivity contribution in [1.29, 1.82) is 0 Å². The van der Waals surface area contributed by atoms with Crippen molar-refractivity contribution in [3.63, 3.8) is 0 Å². The maximum absolute atomic E-state index is 12.5. The third-order valence-corrected chi connectivity index (χ3v) is 4.31. The first-order valence-electron chi connectivity index (χ1n) is 8.10. The highest BCUT2D eigenvalue weighted by molar-refractivity contribution is 5.81. The number of anilines is 1. The Balaban J connectivity index is 1.39. The summed E-state index contributed by atoms with van der Waals surface area (Å²) in [6, 6.07) is 7.09. The highest BCUT2D eigenvalue weighted by Gasteiger charge is 2.22. The van der Waals surface area contributed by atoms with Gasteiger partial charge in [-0.2, -0.15) is 0 Å². The summed E-state index contributed by atoms with van der Waals surface area (Å²) in [5, 5.41) is 0. The van der Waals surface area contributed by atoms with Gasteiger partial charge in [-0.25, -0.2) is 14.8 Å². The molecule has 1 aromatic carbocycles. The highest BCUT2D eigenvalue weighted by atomic mass is 16.4. The Bertz CT molecular complexity index is 942. The van der Waals surface area contributed by atoms with Crippen molar-refractivity contribution in [2.24, 2.45) is 0 Å². The third-order valence-electron chi connectivity index (χ3n) is 4.31. The number of amides is 1. The lowest BCUT2D eigenvalue weighted by molar-refractivity contribution is -0.130. The van der Waals surface area contributed by atoms with Crippen molar-refractivity contribution in [2.45, 2.75) is 6.42 Å². The predicted molar refractivity (Wildman–Crippen MR) is 91.4 cm³/mol. The van der Waals surface area contributed by atoms with Gasteiger partial charge in [0, 0.05) is 38.6 Å². The number of aromatic nitrogens is 3. The van der Waals surface area contributed by atoms with Crippen LogP contribution < -0.4 is 10.7 Å². The number of fused-ring (bicyclic) bond motifs is 1. The highest BCUT2D eigenvalue weighted by Crippen LogP contribution is 2.15. The number of hydrogen-bond donors (Lipinski definition) is 1. The van der Waals surface area contributed by atoms with Crippen LogP contribution in [0.2, 0.25) is 0 Å². The summed E-state index contributed by atoms with van der Waals surface area (Å²) in [4.78, 5) is 38.8. The molecule has 0 unspecified atom stereocenters. The molecule has 0 atom stereocenters. The number of piperazine rings is 1. The van der Waals surface area contributed by atoms with Crippen LogP contribution in [0.5, 0.6) is 0 Å². The molecule has 3 heterocycles. The summed E-state index contributed by atoms with van der Waals surface area (Å²) in [7, 11) is 0. The topological polar surface area (TPSA) is 95.3 Å². The monoisotopic (exact) mass is 339 g/mol. The minimum absolute atomic E-state index is 0.0684. The Labute approximate surface area is 143 Å². The fourth-order valence-corrected chi connectivity index (χ4v) is 3.01. The standard InChI is InChI=1S/C17H17N5O3/c23-15(11-12-2-3-14-13(10-12)20-17(24)25-14)21-6-8-22(9-7-21)16-18-4-1-5-19-16/h1-5,10H,6-9,11H2,(H,20,24). The normalized spacial score (nSPS) is 14.9. The van der Waals surface area contributed by atoms with Gasteiger partial charge in [0.2, 0.25) is 11.9 Å². The average Bonchev–Trinajstić information content (AvgIpc) is 3.02. The summed E-state index contributed by atoms with van der Waals surface area (Å²) >= 11 is 0. The van der Waals surface area contributed by atoms with Gasteiger partial charge in [0.25, 0.3) is 0 Å².